The lowest BCUT2D eigenvalue weighted by molar-refractivity contribution is -0.121. The van der Waals surface area contributed by atoms with Crippen molar-refractivity contribution >= 4 is 45.8 Å². The second-order valence-electron chi connectivity index (χ2n) is 9.93. The average molecular weight is 518 g/mol. The van der Waals surface area contributed by atoms with Crippen molar-refractivity contribution in [3.05, 3.63) is 118 Å². The van der Waals surface area contributed by atoms with E-state index in [1.54, 1.807) is 30.5 Å². The highest BCUT2D eigenvalue weighted by atomic mass is 32.1. The molecule has 0 saturated carbocycles. The first-order chi connectivity index (χ1) is 18.5. The number of benzene rings is 2. The number of fused-ring (bicyclic) bond motifs is 6. The molecule has 2 aromatic heterocycles. The topological polar surface area (TPSA) is 79.4 Å². The molecule has 186 valence electrons. The monoisotopic (exact) mass is 517 g/mol. The molecule has 4 atom stereocenters. The first-order valence-electron chi connectivity index (χ1n) is 12.5. The van der Waals surface area contributed by atoms with Crippen molar-refractivity contribution in [3.63, 3.8) is 0 Å². The Morgan fingerprint density at radius 2 is 1.74 bits per heavy atom. The summed E-state index contributed by atoms with van der Waals surface area (Å²) in [4.78, 5) is 50.2. The van der Waals surface area contributed by atoms with Crippen molar-refractivity contribution in [3.8, 4) is 0 Å². The number of para-hydroxylation sites is 2. The van der Waals surface area contributed by atoms with Crippen LogP contribution < -0.4 is 10.2 Å². The molecule has 4 aromatic rings. The predicted molar refractivity (Wildman–Crippen MR) is 148 cm³/mol. The van der Waals surface area contributed by atoms with Gasteiger partial charge in [-0.05, 0) is 53.8 Å². The van der Waals surface area contributed by atoms with Crippen molar-refractivity contribution in [2.75, 3.05) is 10.2 Å². The van der Waals surface area contributed by atoms with Crippen molar-refractivity contribution in [1.29, 1.82) is 0 Å². The molecule has 1 N–H and O–H groups in total. The maximum Gasteiger partial charge on any atom is 0.238 e. The molecule has 6 nitrogen and oxygen atoms in total. The van der Waals surface area contributed by atoms with Crippen LogP contribution in [0.2, 0.25) is 0 Å². The van der Waals surface area contributed by atoms with Gasteiger partial charge >= 0.3 is 0 Å². The Bertz CT molecular complexity index is 1650. The highest BCUT2D eigenvalue weighted by Crippen LogP contribution is 2.58. The summed E-state index contributed by atoms with van der Waals surface area (Å²) < 4.78 is 0. The molecule has 3 aliphatic rings. The summed E-state index contributed by atoms with van der Waals surface area (Å²) in [6, 6.07) is 22.8. The van der Waals surface area contributed by atoms with E-state index in [4.69, 9.17) is 0 Å². The molecule has 0 unspecified atom stereocenters. The molecule has 7 heteroatoms. The molecule has 0 aliphatic carbocycles. The Hall–Kier alpha value is -4.36. The third kappa shape index (κ3) is 2.93. The molecule has 0 radical (unpaired) electrons. The number of nitrogens with one attached hydrogen (secondary N) is 1. The fraction of sp³-hybridized carbons (Fsp3) is 0.161. The molecule has 5 heterocycles. The van der Waals surface area contributed by atoms with Crippen LogP contribution >= 0.6 is 11.3 Å². The summed E-state index contributed by atoms with van der Waals surface area (Å²) >= 11 is 1.35. The average Bonchev–Trinajstić information content (AvgIpc) is 3.66. The number of nitrogens with zero attached hydrogens (tertiary/aromatic N) is 2. The lowest BCUT2D eigenvalue weighted by Gasteiger charge is -2.39. The van der Waals surface area contributed by atoms with E-state index in [0.29, 0.717) is 10.6 Å². The van der Waals surface area contributed by atoms with E-state index in [1.807, 2.05) is 71.8 Å². The molecule has 38 heavy (non-hydrogen) atoms. The Balaban J connectivity index is 1.57. The zero-order valence-electron chi connectivity index (χ0n) is 20.5. The number of aromatic nitrogens is 1. The van der Waals surface area contributed by atoms with Gasteiger partial charge in [-0.2, -0.15) is 0 Å². The van der Waals surface area contributed by atoms with Gasteiger partial charge in [0.05, 0.1) is 16.8 Å². The molecule has 1 amide bonds. The van der Waals surface area contributed by atoms with Crippen LogP contribution in [0.1, 0.15) is 38.2 Å². The van der Waals surface area contributed by atoms with Gasteiger partial charge in [0.1, 0.15) is 17.2 Å². The number of carbonyl (C=O) groups is 3. The first kappa shape index (κ1) is 22.8. The number of anilines is 2. The van der Waals surface area contributed by atoms with Gasteiger partial charge < -0.3 is 10.2 Å². The highest BCUT2D eigenvalue weighted by molar-refractivity contribution is 7.12. The summed E-state index contributed by atoms with van der Waals surface area (Å²) in [7, 11) is 0. The summed E-state index contributed by atoms with van der Waals surface area (Å²) in [6.07, 6.45) is 3.63. The van der Waals surface area contributed by atoms with Crippen LogP contribution in [0.3, 0.4) is 0 Å². The molecule has 1 spiro atoms. The van der Waals surface area contributed by atoms with Crippen molar-refractivity contribution < 1.29 is 14.4 Å². The van der Waals surface area contributed by atoms with Crippen LogP contribution in [0.4, 0.5) is 11.4 Å². The van der Waals surface area contributed by atoms with E-state index in [0.717, 1.165) is 22.4 Å². The third-order valence-corrected chi connectivity index (χ3v) is 9.00. The quantitative estimate of drug-likeness (QED) is 0.367. The lowest BCUT2D eigenvalue weighted by Crippen LogP contribution is -2.51. The van der Waals surface area contributed by atoms with E-state index in [9.17, 15) is 14.4 Å². The first-order valence-corrected chi connectivity index (χ1v) is 13.4. The Kier molecular flexibility index (Phi) is 5.00. The minimum Gasteiger partial charge on any atom is -0.352 e. The molecule has 3 aliphatic heterocycles. The molecule has 7 rings (SSSR count). The number of amides is 1. The van der Waals surface area contributed by atoms with E-state index >= 15 is 0 Å². The number of carbonyl (C=O) groups excluding carboxylic acids is 3. The molecule has 2 aromatic carbocycles. The van der Waals surface area contributed by atoms with Gasteiger partial charge in [0.15, 0.2) is 11.6 Å². The maximum atomic E-state index is 14.5. The highest BCUT2D eigenvalue weighted by Gasteiger charge is 2.70. The van der Waals surface area contributed by atoms with Crippen LogP contribution in [0, 0.1) is 5.92 Å². The van der Waals surface area contributed by atoms with Crippen LogP contribution in [0.15, 0.2) is 96.5 Å². The van der Waals surface area contributed by atoms with E-state index in [2.05, 4.69) is 16.4 Å². The van der Waals surface area contributed by atoms with Gasteiger partial charge in [0.25, 0.3) is 0 Å². The number of hydrogen-bond acceptors (Lipinski definition) is 6. The van der Waals surface area contributed by atoms with Gasteiger partial charge in [0.2, 0.25) is 5.91 Å². The summed E-state index contributed by atoms with van der Waals surface area (Å²) in [5.41, 5.74) is 3.17. The van der Waals surface area contributed by atoms with E-state index in [1.165, 1.54) is 11.3 Å². The zero-order chi connectivity index (χ0) is 26.0. The number of Topliss-reactive ketones (excluding diaryl/α,β-unsaturated/α-hetero) is 2. The largest absolute Gasteiger partial charge is 0.352 e. The molecular weight excluding hydrogens is 494 g/mol. The standard InChI is InChI=1S/C31H23N3O3S/c1-18-17-25-31(20-10-3-4-11-21(20)33-30(31)37)26(28(35)22-12-6-7-15-32-22)27(29(36)24-14-8-16-38-24)34(25)23-13-5-2-9-19(18)23/h2-17,25-27H,1H3,(H,33,37)/t25-,26-,27-,31+/m0/s1. The number of hydrogen-bond donors (Lipinski definition) is 1. The normalized spacial score (nSPS) is 24.9. The van der Waals surface area contributed by atoms with Gasteiger partial charge in [0, 0.05) is 23.1 Å². The second kappa shape index (κ2) is 8.33. The molecule has 1 fully saturated rings. The van der Waals surface area contributed by atoms with Crippen LogP contribution in [0.25, 0.3) is 5.57 Å². The number of thiophene rings is 1. The van der Waals surface area contributed by atoms with Gasteiger partial charge in [-0.1, -0.05) is 54.6 Å². The van der Waals surface area contributed by atoms with Crippen molar-refractivity contribution in [2.24, 2.45) is 5.92 Å². The number of pyridine rings is 1. The Morgan fingerprint density at radius 3 is 2.53 bits per heavy atom. The third-order valence-electron chi connectivity index (χ3n) is 8.12. The lowest BCUT2D eigenvalue weighted by atomic mass is 9.64. The molecule has 1 saturated heterocycles. The fourth-order valence-corrected chi connectivity index (χ4v) is 7.32. The van der Waals surface area contributed by atoms with Crippen molar-refractivity contribution in [1.82, 2.24) is 4.98 Å². The second-order valence-corrected chi connectivity index (χ2v) is 10.9. The minimum atomic E-state index is -1.32. The minimum absolute atomic E-state index is 0.170. The Morgan fingerprint density at radius 1 is 0.947 bits per heavy atom. The summed E-state index contributed by atoms with van der Waals surface area (Å²) in [5, 5.41) is 4.91. The van der Waals surface area contributed by atoms with Gasteiger partial charge in [-0.15, -0.1) is 11.3 Å². The Labute approximate surface area is 223 Å². The maximum absolute atomic E-state index is 14.5. The molecular formula is C31H23N3O3S. The predicted octanol–water partition coefficient (Wildman–Crippen LogP) is 5.39. The van der Waals surface area contributed by atoms with E-state index in [-0.39, 0.29) is 23.2 Å². The summed E-state index contributed by atoms with van der Waals surface area (Å²) in [6.45, 7) is 2.02. The smallest absolute Gasteiger partial charge is 0.238 e. The zero-order valence-corrected chi connectivity index (χ0v) is 21.3. The van der Waals surface area contributed by atoms with Crippen LogP contribution in [-0.2, 0) is 10.2 Å². The number of allylic oxidation sites excluding steroid dienone is 1. The van der Waals surface area contributed by atoms with Crippen LogP contribution in [-0.4, -0.2) is 34.5 Å². The van der Waals surface area contributed by atoms with Crippen molar-refractivity contribution in [2.45, 2.75) is 24.4 Å². The SMILES string of the molecule is CC1=C[C@@H]2N(c3ccccc31)[C@H](C(=O)c1cccs1)[C@@H](C(=O)c1ccccn1)[C@]21C(=O)Nc2ccccc21. The van der Waals surface area contributed by atoms with Crippen LogP contribution in [0.5, 0.6) is 0 Å². The number of ketones is 2. The summed E-state index contributed by atoms with van der Waals surface area (Å²) in [5.74, 6) is -1.76. The van der Waals surface area contributed by atoms with Gasteiger partial charge in [-0.25, -0.2) is 0 Å². The van der Waals surface area contributed by atoms with Gasteiger partial charge in [-0.3, -0.25) is 19.4 Å². The van der Waals surface area contributed by atoms with E-state index < -0.39 is 23.4 Å². The number of rotatable bonds is 4. The molecule has 0 bridgehead atoms. The fourth-order valence-electron chi connectivity index (χ4n) is 6.62.